The van der Waals surface area contributed by atoms with E-state index >= 15 is 0 Å². The molecule has 1 heterocycles. The molecule has 1 aromatic heterocycles. The van der Waals surface area contributed by atoms with Crippen LogP contribution in [0.2, 0.25) is 0 Å². The Balaban J connectivity index is 1.48. The minimum Gasteiger partial charge on any atom is -0.494 e. The molecule has 0 fully saturated rings. The summed E-state index contributed by atoms with van der Waals surface area (Å²) in [4.78, 5) is 12.5. The number of benzene rings is 3. The summed E-state index contributed by atoms with van der Waals surface area (Å²) in [6, 6.07) is 23.7. The molecule has 4 aromatic rings. The maximum absolute atomic E-state index is 12.5. The van der Waals surface area contributed by atoms with Gasteiger partial charge in [0.1, 0.15) is 17.2 Å². The number of hydrazone groups is 1. The first-order chi connectivity index (χ1) is 18.4. The topological polar surface area (TPSA) is 77.7 Å². The molecular formula is C31H34N4O3. The second-order valence-electron chi connectivity index (χ2n) is 9.35. The van der Waals surface area contributed by atoms with E-state index in [2.05, 4.69) is 37.4 Å². The van der Waals surface area contributed by atoms with Crippen molar-refractivity contribution in [1.29, 1.82) is 0 Å². The SMILES string of the molecule is CCCOc1ccc(-c2nn(-c3ccccc3)cc2C=NNC(=O)COc2cc(C(C)C)ccc2C)cc1. The van der Waals surface area contributed by atoms with Gasteiger partial charge in [0, 0.05) is 17.3 Å². The second kappa shape index (κ2) is 12.7. The molecule has 0 aliphatic carbocycles. The van der Waals surface area contributed by atoms with E-state index in [-0.39, 0.29) is 12.5 Å². The molecule has 7 nitrogen and oxygen atoms in total. The van der Waals surface area contributed by atoms with Crippen molar-refractivity contribution in [2.75, 3.05) is 13.2 Å². The normalized spacial score (nSPS) is 11.2. The van der Waals surface area contributed by atoms with Crippen molar-refractivity contribution in [3.05, 3.63) is 95.7 Å². The van der Waals surface area contributed by atoms with Gasteiger partial charge in [-0.05, 0) is 72.9 Å². The van der Waals surface area contributed by atoms with Crippen LogP contribution in [0.1, 0.15) is 49.8 Å². The van der Waals surface area contributed by atoms with Crippen molar-refractivity contribution < 1.29 is 14.3 Å². The van der Waals surface area contributed by atoms with Gasteiger partial charge < -0.3 is 9.47 Å². The van der Waals surface area contributed by atoms with E-state index in [0.717, 1.165) is 45.8 Å². The molecule has 1 amide bonds. The number of nitrogens with one attached hydrogen (secondary N) is 1. The van der Waals surface area contributed by atoms with Crippen LogP contribution in [0.25, 0.3) is 16.9 Å². The van der Waals surface area contributed by atoms with Crippen molar-refractivity contribution >= 4 is 12.1 Å². The van der Waals surface area contributed by atoms with Crippen LogP contribution >= 0.6 is 0 Å². The van der Waals surface area contributed by atoms with Gasteiger partial charge in [-0.2, -0.15) is 10.2 Å². The minimum absolute atomic E-state index is 0.130. The van der Waals surface area contributed by atoms with Crippen LogP contribution in [0.5, 0.6) is 11.5 Å². The van der Waals surface area contributed by atoms with Crippen LogP contribution in [0, 0.1) is 6.92 Å². The molecule has 4 rings (SSSR count). The molecule has 0 unspecified atom stereocenters. The summed E-state index contributed by atoms with van der Waals surface area (Å²) in [6.07, 6.45) is 4.44. The lowest BCUT2D eigenvalue weighted by molar-refractivity contribution is -0.123. The van der Waals surface area contributed by atoms with Gasteiger partial charge in [0.2, 0.25) is 0 Å². The van der Waals surface area contributed by atoms with Crippen molar-refractivity contribution in [3.8, 4) is 28.4 Å². The third kappa shape index (κ3) is 6.88. The summed E-state index contributed by atoms with van der Waals surface area (Å²) >= 11 is 0. The number of para-hydroxylation sites is 1. The van der Waals surface area contributed by atoms with E-state index in [1.807, 2.05) is 79.9 Å². The number of hydrogen-bond donors (Lipinski definition) is 1. The van der Waals surface area contributed by atoms with Gasteiger partial charge in [0.25, 0.3) is 5.91 Å². The van der Waals surface area contributed by atoms with Crippen LogP contribution in [0.15, 0.2) is 84.1 Å². The van der Waals surface area contributed by atoms with Crippen LogP contribution in [-0.4, -0.2) is 35.1 Å². The minimum atomic E-state index is -0.343. The second-order valence-corrected chi connectivity index (χ2v) is 9.35. The molecule has 3 aromatic carbocycles. The maximum atomic E-state index is 12.5. The Bertz CT molecular complexity index is 1380. The molecule has 0 saturated heterocycles. The first kappa shape index (κ1) is 26.7. The zero-order chi connectivity index (χ0) is 26.9. The van der Waals surface area contributed by atoms with Gasteiger partial charge in [0.05, 0.1) is 18.5 Å². The lowest BCUT2D eigenvalue weighted by atomic mass is 10.0. The molecule has 0 atom stereocenters. The molecule has 0 saturated carbocycles. The third-order valence-corrected chi connectivity index (χ3v) is 5.99. The Labute approximate surface area is 224 Å². The molecule has 0 spiro atoms. The Kier molecular flexibility index (Phi) is 8.93. The van der Waals surface area contributed by atoms with Crippen molar-refractivity contribution in [2.45, 2.75) is 40.0 Å². The summed E-state index contributed by atoms with van der Waals surface area (Å²) in [6.45, 7) is 8.83. The average Bonchev–Trinajstić information content (AvgIpc) is 3.36. The highest BCUT2D eigenvalue weighted by molar-refractivity contribution is 5.89. The number of carbonyl (C=O) groups excluding carboxylic acids is 1. The van der Waals surface area contributed by atoms with Gasteiger partial charge in [-0.1, -0.05) is 51.1 Å². The van der Waals surface area contributed by atoms with E-state index < -0.39 is 0 Å². The zero-order valence-electron chi connectivity index (χ0n) is 22.3. The lowest BCUT2D eigenvalue weighted by Crippen LogP contribution is -2.24. The number of hydrogen-bond acceptors (Lipinski definition) is 5. The third-order valence-electron chi connectivity index (χ3n) is 5.99. The highest BCUT2D eigenvalue weighted by Crippen LogP contribution is 2.26. The molecule has 196 valence electrons. The van der Waals surface area contributed by atoms with E-state index in [1.54, 1.807) is 10.9 Å². The Morgan fingerprint density at radius 3 is 2.53 bits per heavy atom. The Morgan fingerprint density at radius 2 is 1.82 bits per heavy atom. The number of carbonyl (C=O) groups is 1. The summed E-state index contributed by atoms with van der Waals surface area (Å²) in [7, 11) is 0. The molecule has 0 aliphatic heterocycles. The number of amides is 1. The van der Waals surface area contributed by atoms with Crippen molar-refractivity contribution in [1.82, 2.24) is 15.2 Å². The number of nitrogens with zero attached hydrogens (tertiary/aromatic N) is 3. The van der Waals surface area contributed by atoms with Crippen molar-refractivity contribution in [2.24, 2.45) is 5.10 Å². The summed E-state index contributed by atoms with van der Waals surface area (Å²) in [5.74, 6) is 1.55. The highest BCUT2D eigenvalue weighted by Gasteiger charge is 2.12. The van der Waals surface area contributed by atoms with Gasteiger partial charge in [0.15, 0.2) is 6.61 Å². The largest absolute Gasteiger partial charge is 0.494 e. The molecular weight excluding hydrogens is 476 g/mol. The number of aromatic nitrogens is 2. The summed E-state index contributed by atoms with van der Waals surface area (Å²) < 4.78 is 13.3. The summed E-state index contributed by atoms with van der Waals surface area (Å²) in [5, 5.41) is 8.99. The maximum Gasteiger partial charge on any atom is 0.277 e. The van der Waals surface area contributed by atoms with Crippen LogP contribution in [0.3, 0.4) is 0 Å². The van der Waals surface area contributed by atoms with E-state index in [0.29, 0.717) is 18.3 Å². The smallest absolute Gasteiger partial charge is 0.277 e. The number of rotatable bonds is 11. The van der Waals surface area contributed by atoms with Crippen LogP contribution in [-0.2, 0) is 4.79 Å². The predicted molar refractivity (Wildman–Crippen MR) is 151 cm³/mol. The quantitative estimate of drug-likeness (QED) is 0.190. The fraction of sp³-hybridized carbons (Fsp3) is 0.258. The van der Waals surface area contributed by atoms with Gasteiger partial charge in [-0.15, -0.1) is 0 Å². The van der Waals surface area contributed by atoms with E-state index in [9.17, 15) is 4.79 Å². The fourth-order valence-electron chi connectivity index (χ4n) is 3.83. The number of ether oxygens (including phenoxy) is 2. The van der Waals surface area contributed by atoms with Crippen molar-refractivity contribution in [3.63, 3.8) is 0 Å². The first-order valence-corrected chi connectivity index (χ1v) is 12.9. The fourth-order valence-corrected chi connectivity index (χ4v) is 3.83. The first-order valence-electron chi connectivity index (χ1n) is 12.9. The molecule has 1 N–H and O–H groups in total. The Hall–Kier alpha value is -4.39. The standard InChI is InChI=1S/C31H34N4O3/c1-5-17-37-28-15-13-24(14-16-28)31-26(20-35(34-31)27-9-7-6-8-10-27)19-32-33-30(36)21-38-29-18-25(22(2)3)12-11-23(29)4/h6-16,18-20,22H,5,17,21H2,1-4H3,(H,33,36). The van der Waals surface area contributed by atoms with Gasteiger partial charge >= 0.3 is 0 Å². The molecule has 7 heteroatoms. The Morgan fingerprint density at radius 1 is 1.05 bits per heavy atom. The average molecular weight is 511 g/mol. The lowest BCUT2D eigenvalue weighted by Gasteiger charge is -2.12. The van der Waals surface area contributed by atoms with E-state index in [4.69, 9.17) is 14.6 Å². The van der Waals surface area contributed by atoms with Crippen LogP contribution < -0.4 is 14.9 Å². The molecule has 38 heavy (non-hydrogen) atoms. The monoisotopic (exact) mass is 510 g/mol. The van der Waals surface area contributed by atoms with Gasteiger partial charge in [-0.25, -0.2) is 10.1 Å². The van der Waals surface area contributed by atoms with Gasteiger partial charge in [-0.3, -0.25) is 4.79 Å². The molecule has 0 radical (unpaired) electrons. The molecule has 0 bridgehead atoms. The summed E-state index contributed by atoms with van der Waals surface area (Å²) in [5.41, 5.74) is 8.06. The van der Waals surface area contributed by atoms with E-state index in [1.165, 1.54) is 0 Å². The zero-order valence-corrected chi connectivity index (χ0v) is 22.3. The predicted octanol–water partition coefficient (Wildman–Crippen LogP) is 6.29. The molecule has 0 aliphatic rings. The van der Waals surface area contributed by atoms with Crippen LogP contribution in [0.4, 0.5) is 0 Å². The number of aryl methyl sites for hydroxylation is 1. The highest BCUT2D eigenvalue weighted by atomic mass is 16.5.